The van der Waals surface area contributed by atoms with E-state index in [0.29, 0.717) is 18.4 Å². The zero-order valence-electron chi connectivity index (χ0n) is 22.9. The maximum absolute atomic E-state index is 10.5. The Morgan fingerprint density at radius 1 is 0.806 bits per heavy atom. The Bertz CT molecular complexity index is 1190. The molecule has 0 radical (unpaired) electrons. The number of hydrogen-bond acceptors (Lipinski definition) is 3. The van der Waals surface area contributed by atoms with E-state index >= 15 is 0 Å². The second kappa shape index (κ2) is 10.7. The third-order valence-corrected chi connectivity index (χ3v) is 7.74. The van der Waals surface area contributed by atoms with Crippen LogP contribution in [-0.4, -0.2) is 24.3 Å². The molecule has 0 saturated heterocycles. The van der Waals surface area contributed by atoms with Gasteiger partial charge in [0.05, 0.1) is 6.61 Å². The second-order valence-electron chi connectivity index (χ2n) is 11.9. The standard InChI is InChI=1S/C33H43NO2/c1-23(2)34-19-9-10-20-36-31-16-14-24(26-11-7-8-12-30(26)35)21-27(31)25-13-15-28-29(22-25)33(5,6)18-17-32(28,3)4/h7-8,11-16,21-23,34-35H,9-10,17-20H2,1-6H3. The van der Waals surface area contributed by atoms with Gasteiger partial charge < -0.3 is 15.2 Å². The first-order valence-electron chi connectivity index (χ1n) is 13.5. The van der Waals surface area contributed by atoms with Crippen LogP contribution in [0.4, 0.5) is 0 Å². The van der Waals surface area contributed by atoms with Crippen LogP contribution in [0.2, 0.25) is 0 Å². The van der Waals surface area contributed by atoms with Crippen LogP contribution >= 0.6 is 0 Å². The molecule has 1 aliphatic rings. The molecule has 3 heteroatoms. The van der Waals surface area contributed by atoms with Crippen molar-refractivity contribution in [3.63, 3.8) is 0 Å². The quantitative estimate of drug-likeness (QED) is 0.300. The molecule has 36 heavy (non-hydrogen) atoms. The fourth-order valence-corrected chi connectivity index (χ4v) is 5.32. The van der Waals surface area contributed by atoms with Gasteiger partial charge in [-0.05, 0) is 83.5 Å². The van der Waals surface area contributed by atoms with E-state index in [-0.39, 0.29) is 10.8 Å². The molecule has 3 aromatic carbocycles. The highest BCUT2D eigenvalue weighted by atomic mass is 16.5. The van der Waals surface area contributed by atoms with Crippen LogP contribution in [-0.2, 0) is 10.8 Å². The minimum Gasteiger partial charge on any atom is -0.507 e. The number of hydrogen-bond donors (Lipinski definition) is 2. The predicted octanol–water partition coefficient (Wildman–Crippen LogP) is 8.23. The Morgan fingerprint density at radius 2 is 1.47 bits per heavy atom. The molecule has 192 valence electrons. The number of unbranched alkanes of at least 4 members (excludes halogenated alkanes) is 1. The largest absolute Gasteiger partial charge is 0.507 e. The number of para-hydroxylation sites is 1. The Labute approximate surface area is 217 Å². The van der Waals surface area contributed by atoms with Gasteiger partial charge in [-0.1, -0.05) is 84.0 Å². The maximum Gasteiger partial charge on any atom is 0.127 e. The van der Waals surface area contributed by atoms with E-state index in [2.05, 4.69) is 83.3 Å². The molecule has 3 nitrogen and oxygen atoms in total. The molecule has 0 spiro atoms. The lowest BCUT2D eigenvalue weighted by Crippen LogP contribution is -2.33. The third kappa shape index (κ3) is 5.78. The first-order valence-corrected chi connectivity index (χ1v) is 13.5. The smallest absolute Gasteiger partial charge is 0.127 e. The van der Waals surface area contributed by atoms with Gasteiger partial charge in [0.15, 0.2) is 0 Å². The summed E-state index contributed by atoms with van der Waals surface area (Å²) >= 11 is 0. The van der Waals surface area contributed by atoms with Crippen LogP contribution in [0.15, 0.2) is 60.7 Å². The summed E-state index contributed by atoms with van der Waals surface area (Å²) < 4.78 is 6.37. The minimum atomic E-state index is 0.139. The van der Waals surface area contributed by atoms with Crippen LogP contribution in [0.1, 0.15) is 78.4 Å². The van der Waals surface area contributed by atoms with E-state index in [1.54, 1.807) is 6.07 Å². The van der Waals surface area contributed by atoms with Crippen molar-refractivity contribution >= 4 is 0 Å². The lowest BCUT2D eigenvalue weighted by Gasteiger charge is -2.42. The lowest BCUT2D eigenvalue weighted by atomic mass is 9.63. The summed E-state index contributed by atoms with van der Waals surface area (Å²) in [4.78, 5) is 0. The summed E-state index contributed by atoms with van der Waals surface area (Å²) in [6.07, 6.45) is 4.48. The van der Waals surface area contributed by atoms with Gasteiger partial charge in [0.1, 0.15) is 11.5 Å². The van der Waals surface area contributed by atoms with E-state index < -0.39 is 0 Å². The molecule has 0 aromatic heterocycles. The zero-order valence-corrected chi connectivity index (χ0v) is 22.9. The molecule has 0 saturated carbocycles. The van der Waals surface area contributed by atoms with Gasteiger partial charge in [-0.3, -0.25) is 0 Å². The molecule has 4 rings (SSSR count). The summed E-state index contributed by atoms with van der Waals surface area (Å²) in [5, 5.41) is 14.0. The molecular formula is C33H43NO2. The van der Waals surface area contributed by atoms with Crippen molar-refractivity contribution in [2.24, 2.45) is 0 Å². The van der Waals surface area contributed by atoms with Crippen molar-refractivity contribution < 1.29 is 9.84 Å². The van der Waals surface area contributed by atoms with Crippen molar-refractivity contribution in [3.05, 3.63) is 71.8 Å². The fourth-order valence-electron chi connectivity index (χ4n) is 5.32. The molecule has 0 fully saturated rings. The van der Waals surface area contributed by atoms with Gasteiger partial charge >= 0.3 is 0 Å². The average Bonchev–Trinajstić information content (AvgIpc) is 2.84. The Balaban J connectivity index is 1.70. The Kier molecular flexibility index (Phi) is 7.80. The number of fused-ring (bicyclic) bond motifs is 1. The highest BCUT2D eigenvalue weighted by Gasteiger charge is 2.37. The molecule has 0 aliphatic heterocycles. The van der Waals surface area contributed by atoms with Crippen molar-refractivity contribution in [3.8, 4) is 33.8 Å². The van der Waals surface area contributed by atoms with Gasteiger partial charge in [0.25, 0.3) is 0 Å². The summed E-state index contributed by atoms with van der Waals surface area (Å²) in [7, 11) is 0. The first-order chi connectivity index (χ1) is 17.1. The van der Waals surface area contributed by atoms with Crippen LogP contribution in [0, 0.1) is 0 Å². The van der Waals surface area contributed by atoms with E-state index in [1.165, 1.54) is 29.5 Å². The molecule has 3 aromatic rings. The summed E-state index contributed by atoms with van der Waals surface area (Å²) in [5.41, 5.74) is 7.31. The number of benzene rings is 3. The monoisotopic (exact) mass is 485 g/mol. The Hall–Kier alpha value is -2.78. The normalized spacial score (nSPS) is 16.1. The van der Waals surface area contributed by atoms with Gasteiger partial charge in [-0.25, -0.2) is 0 Å². The molecule has 2 N–H and O–H groups in total. The highest BCUT2D eigenvalue weighted by Crippen LogP contribution is 2.47. The number of ether oxygens (including phenoxy) is 1. The van der Waals surface area contributed by atoms with E-state index in [1.807, 2.05) is 18.2 Å². The minimum absolute atomic E-state index is 0.139. The van der Waals surface area contributed by atoms with E-state index in [9.17, 15) is 5.11 Å². The summed E-state index contributed by atoms with van der Waals surface area (Å²) in [5.74, 6) is 1.20. The van der Waals surface area contributed by atoms with Crippen molar-refractivity contribution in [2.75, 3.05) is 13.2 Å². The SMILES string of the molecule is CC(C)NCCCCOc1ccc(-c2ccccc2O)cc1-c1ccc2c(c1)C(C)(C)CCC2(C)C. The number of phenolic OH excluding ortho intramolecular Hbond substituents is 1. The molecule has 0 bridgehead atoms. The highest BCUT2D eigenvalue weighted by molar-refractivity contribution is 5.80. The average molecular weight is 486 g/mol. The van der Waals surface area contributed by atoms with Gasteiger partial charge in [-0.2, -0.15) is 0 Å². The molecule has 0 unspecified atom stereocenters. The van der Waals surface area contributed by atoms with Crippen molar-refractivity contribution in [2.45, 2.75) is 84.1 Å². The lowest BCUT2D eigenvalue weighted by molar-refractivity contribution is 0.306. The second-order valence-corrected chi connectivity index (χ2v) is 11.9. The van der Waals surface area contributed by atoms with Crippen LogP contribution in [0.5, 0.6) is 11.5 Å². The summed E-state index contributed by atoms with van der Waals surface area (Å²) in [6.45, 7) is 15.5. The van der Waals surface area contributed by atoms with Gasteiger partial charge in [0.2, 0.25) is 0 Å². The first kappa shape index (κ1) is 26.3. The zero-order chi connectivity index (χ0) is 25.9. The number of aromatic hydroxyl groups is 1. The molecular weight excluding hydrogens is 442 g/mol. The van der Waals surface area contributed by atoms with Gasteiger partial charge in [-0.15, -0.1) is 0 Å². The number of nitrogens with one attached hydrogen (secondary N) is 1. The van der Waals surface area contributed by atoms with Crippen LogP contribution in [0.3, 0.4) is 0 Å². The molecule has 0 atom stereocenters. The number of phenols is 1. The van der Waals surface area contributed by atoms with Crippen molar-refractivity contribution in [1.29, 1.82) is 0 Å². The Morgan fingerprint density at radius 3 is 2.19 bits per heavy atom. The fraction of sp³-hybridized carbons (Fsp3) is 0.455. The predicted molar refractivity (Wildman–Crippen MR) is 152 cm³/mol. The topological polar surface area (TPSA) is 41.5 Å². The van der Waals surface area contributed by atoms with Crippen LogP contribution < -0.4 is 10.1 Å². The van der Waals surface area contributed by atoms with E-state index in [4.69, 9.17) is 4.74 Å². The third-order valence-electron chi connectivity index (χ3n) is 7.74. The van der Waals surface area contributed by atoms with E-state index in [0.717, 1.165) is 41.8 Å². The van der Waals surface area contributed by atoms with Crippen LogP contribution in [0.25, 0.3) is 22.3 Å². The molecule has 0 heterocycles. The van der Waals surface area contributed by atoms with Crippen molar-refractivity contribution in [1.82, 2.24) is 5.32 Å². The summed E-state index contributed by atoms with van der Waals surface area (Å²) in [6, 6.07) is 21.3. The molecule has 1 aliphatic carbocycles. The van der Waals surface area contributed by atoms with Gasteiger partial charge in [0, 0.05) is 17.2 Å². The maximum atomic E-state index is 10.5. The molecule has 0 amide bonds. The number of rotatable bonds is 9.